The van der Waals surface area contributed by atoms with E-state index in [4.69, 9.17) is 0 Å². The number of aromatic amines is 1. The Morgan fingerprint density at radius 2 is 2.05 bits per heavy atom. The Balaban J connectivity index is 2.07. The lowest BCUT2D eigenvalue weighted by Crippen LogP contribution is -2.33. The van der Waals surface area contributed by atoms with Gasteiger partial charge in [-0.1, -0.05) is 0 Å². The van der Waals surface area contributed by atoms with Crippen molar-refractivity contribution >= 4 is 28.4 Å². The van der Waals surface area contributed by atoms with Gasteiger partial charge in [0.05, 0.1) is 0 Å². The molecule has 1 aliphatic heterocycles. The summed E-state index contributed by atoms with van der Waals surface area (Å²) < 4.78 is 0. The quantitative estimate of drug-likeness (QED) is 0.872. The SMILES string of the molecule is CC(=O)N1CCc2[nH]c3ccc(N(C)C(C)=O)cc3c2C1. The zero-order valence-corrected chi connectivity index (χ0v) is 12.6. The lowest BCUT2D eigenvalue weighted by molar-refractivity contribution is -0.129. The molecular formula is C16H19N3O2. The Kier molecular flexibility index (Phi) is 3.20. The molecule has 1 aromatic carbocycles. The van der Waals surface area contributed by atoms with Gasteiger partial charge in [-0.3, -0.25) is 9.59 Å². The number of nitrogens with one attached hydrogen (secondary N) is 1. The predicted octanol–water partition coefficient (Wildman–Crippen LogP) is 2.06. The minimum Gasteiger partial charge on any atom is -0.358 e. The van der Waals surface area contributed by atoms with Gasteiger partial charge in [0.1, 0.15) is 0 Å². The summed E-state index contributed by atoms with van der Waals surface area (Å²) in [6, 6.07) is 5.96. The smallest absolute Gasteiger partial charge is 0.223 e. The van der Waals surface area contributed by atoms with E-state index >= 15 is 0 Å². The number of H-pyrrole nitrogens is 1. The van der Waals surface area contributed by atoms with Crippen LogP contribution in [0.4, 0.5) is 5.69 Å². The van der Waals surface area contributed by atoms with Gasteiger partial charge in [-0.05, 0) is 18.2 Å². The van der Waals surface area contributed by atoms with Crippen molar-refractivity contribution in [1.82, 2.24) is 9.88 Å². The Labute approximate surface area is 123 Å². The molecule has 0 spiro atoms. The molecule has 0 saturated carbocycles. The fraction of sp³-hybridized carbons (Fsp3) is 0.375. The third-order valence-electron chi connectivity index (χ3n) is 4.26. The number of benzene rings is 1. The van der Waals surface area contributed by atoms with E-state index < -0.39 is 0 Å². The first kappa shape index (κ1) is 13.7. The molecule has 2 aromatic rings. The van der Waals surface area contributed by atoms with Crippen molar-refractivity contribution in [1.29, 1.82) is 0 Å². The highest BCUT2D eigenvalue weighted by atomic mass is 16.2. The zero-order chi connectivity index (χ0) is 15.1. The second kappa shape index (κ2) is 4.91. The largest absolute Gasteiger partial charge is 0.358 e. The highest BCUT2D eigenvalue weighted by Gasteiger charge is 2.22. The molecule has 2 heterocycles. The summed E-state index contributed by atoms with van der Waals surface area (Å²) in [6.45, 7) is 4.55. The molecule has 0 atom stereocenters. The van der Waals surface area contributed by atoms with E-state index in [9.17, 15) is 9.59 Å². The molecule has 0 fully saturated rings. The van der Waals surface area contributed by atoms with E-state index in [-0.39, 0.29) is 11.8 Å². The number of hydrogen-bond acceptors (Lipinski definition) is 2. The molecule has 2 amide bonds. The molecule has 21 heavy (non-hydrogen) atoms. The Bertz CT molecular complexity index is 732. The van der Waals surface area contributed by atoms with Gasteiger partial charge in [-0.25, -0.2) is 0 Å². The molecular weight excluding hydrogens is 266 g/mol. The number of anilines is 1. The van der Waals surface area contributed by atoms with Crippen LogP contribution in [0.3, 0.4) is 0 Å². The van der Waals surface area contributed by atoms with Crippen molar-refractivity contribution < 1.29 is 9.59 Å². The van der Waals surface area contributed by atoms with Gasteiger partial charge in [0.15, 0.2) is 0 Å². The predicted molar refractivity (Wildman–Crippen MR) is 82.2 cm³/mol. The Hall–Kier alpha value is -2.30. The number of carbonyl (C=O) groups excluding carboxylic acids is 2. The molecule has 5 nitrogen and oxygen atoms in total. The fourth-order valence-electron chi connectivity index (χ4n) is 2.86. The highest BCUT2D eigenvalue weighted by molar-refractivity contribution is 5.95. The molecule has 1 N–H and O–H groups in total. The van der Waals surface area contributed by atoms with Crippen LogP contribution in [-0.4, -0.2) is 35.3 Å². The molecule has 110 valence electrons. The van der Waals surface area contributed by atoms with Crippen LogP contribution in [0.5, 0.6) is 0 Å². The average Bonchev–Trinajstić information content (AvgIpc) is 2.82. The number of hydrogen-bond donors (Lipinski definition) is 1. The van der Waals surface area contributed by atoms with Crippen LogP contribution >= 0.6 is 0 Å². The zero-order valence-electron chi connectivity index (χ0n) is 12.6. The van der Waals surface area contributed by atoms with Gasteiger partial charge in [0.2, 0.25) is 11.8 Å². The summed E-state index contributed by atoms with van der Waals surface area (Å²) in [6.07, 6.45) is 0.849. The van der Waals surface area contributed by atoms with Crippen LogP contribution in [-0.2, 0) is 22.6 Å². The molecule has 0 saturated heterocycles. The van der Waals surface area contributed by atoms with E-state index in [1.807, 2.05) is 23.1 Å². The van der Waals surface area contributed by atoms with E-state index in [0.29, 0.717) is 6.54 Å². The maximum absolute atomic E-state index is 11.6. The van der Waals surface area contributed by atoms with Crippen molar-refractivity contribution in [3.05, 3.63) is 29.5 Å². The van der Waals surface area contributed by atoms with Crippen LogP contribution in [0.1, 0.15) is 25.1 Å². The number of nitrogens with zero attached hydrogens (tertiary/aromatic N) is 2. The molecule has 5 heteroatoms. The van der Waals surface area contributed by atoms with Gasteiger partial charge in [-0.2, -0.15) is 0 Å². The molecule has 3 rings (SSSR count). The van der Waals surface area contributed by atoms with E-state index in [1.165, 1.54) is 11.3 Å². The number of amides is 2. The van der Waals surface area contributed by atoms with Crippen LogP contribution in [0, 0.1) is 0 Å². The second-order valence-electron chi connectivity index (χ2n) is 5.58. The first-order chi connectivity index (χ1) is 9.97. The average molecular weight is 285 g/mol. The van der Waals surface area contributed by atoms with E-state index in [0.717, 1.165) is 29.6 Å². The summed E-state index contributed by atoms with van der Waals surface area (Å²) in [5.41, 5.74) is 4.30. The summed E-state index contributed by atoms with van der Waals surface area (Å²) >= 11 is 0. The Morgan fingerprint density at radius 3 is 2.71 bits per heavy atom. The lowest BCUT2D eigenvalue weighted by Gasteiger charge is -2.26. The normalized spacial score (nSPS) is 14.1. The first-order valence-electron chi connectivity index (χ1n) is 7.10. The van der Waals surface area contributed by atoms with Gasteiger partial charge in [0, 0.05) is 68.3 Å². The number of aromatic nitrogens is 1. The molecule has 1 aliphatic rings. The maximum Gasteiger partial charge on any atom is 0.223 e. The van der Waals surface area contributed by atoms with E-state index in [1.54, 1.807) is 25.8 Å². The van der Waals surface area contributed by atoms with Gasteiger partial charge >= 0.3 is 0 Å². The number of fused-ring (bicyclic) bond motifs is 3. The minimum absolute atomic E-state index is 0.00381. The molecule has 0 radical (unpaired) electrons. The monoisotopic (exact) mass is 285 g/mol. The lowest BCUT2D eigenvalue weighted by atomic mass is 10.0. The van der Waals surface area contributed by atoms with Crippen LogP contribution in [0.15, 0.2) is 18.2 Å². The standard InChI is InChI=1S/C16H19N3O2/c1-10(20)18(3)12-4-5-15-13(8-12)14-9-19(11(2)21)7-6-16(14)17-15/h4-5,8,17H,6-7,9H2,1-3H3. The number of rotatable bonds is 1. The number of carbonyl (C=O) groups is 2. The first-order valence-corrected chi connectivity index (χ1v) is 7.10. The molecule has 0 bridgehead atoms. The maximum atomic E-state index is 11.6. The summed E-state index contributed by atoms with van der Waals surface area (Å²) in [4.78, 5) is 30.0. The van der Waals surface area contributed by atoms with Crippen molar-refractivity contribution in [2.45, 2.75) is 26.8 Å². The third-order valence-corrected chi connectivity index (χ3v) is 4.26. The van der Waals surface area contributed by atoms with Crippen molar-refractivity contribution in [3.63, 3.8) is 0 Å². The van der Waals surface area contributed by atoms with Gasteiger partial charge in [0.25, 0.3) is 0 Å². The van der Waals surface area contributed by atoms with Crippen LogP contribution in [0.2, 0.25) is 0 Å². The second-order valence-corrected chi connectivity index (χ2v) is 5.58. The summed E-state index contributed by atoms with van der Waals surface area (Å²) in [5.74, 6) is 0.108. The van der Waals surface area contributed by atoms with Gasteiger partial charge < -0.3 is 14.8 Å². The summed E-state index contributed by atoms with van der Waals surface area (Å²) in [5, 5.41) is 1.10. The minimum atomic E-state index is 0.00381. The molecule has 0 aliphatic carbocycles. The van der Waals surface area contributed by atoms with Crippen molar-refractivity contribution in [3.8, 4) is 0 Å². The van der Waals surface area contributed by atoms with Crippen LogP contribution < -0.4 is 4.90 Å². The third kappa shape index (κ3) is 2.28. The molecule has 1 aromatic heterocycles. The molecule has 0 unspecified atom stereocenters. The topological polar surface area (TPSA) is 56.4 Å². The van der Waals surface area contributed by atoms with E-state index in [2.05, 4.69) is 4.98 Å². The highest BCUT2D eigenvalue weighted by Crippen LogP contribution is 2.30. The fourth-order valence-corrected chi connectivity index (χ4v) is 2.86. The van der Waals surface area contributed by atoms with Crippen LogP contribution in [0.25, 0.3) is 10.9 Å². The summed E-state index contributed by atoms with van der Waals surface area (Å²) in [7, 11) is 1.77. The Morgan fingerprint density at radius 1 is 1.29 bits per heavy atom. The van der Waals surface area contributed by atoms with Crippen molar-refractivity contribution in [2.24, 2.45) is 0 Å². The van der Waals surface area contributed by atoms with Gasteiger partial charge in [-0.15, -0.1) is 0 Å². The van der Waals surface area contributed by atoms with Crippen molar-refractivity contribution in [2.75, 3.05) is 18.5 Å².